The van der Waals surface area contributed by atoms with Crippen LogP contribution in [0.25, 0.3) is 0 Å². The molecule has 1 atom stereocenters. The molecule has 6 heteroatoms. The van der Waals surface area contributed by atoms with Gasteiger partial charge in [0, 0.05) is 18.7 Å². The monoisotopic (exact) mass is 409 g/mol. The van der Waals surface area contributed by atoms with Crippen molar-refractivity contribution in [3.8, 4) is 5.75 Å². The Kier molecular flexibility index (Phi) is 11.0. The second-order valence-electron chi connectivity index (χ2n) is 4.52. The minimum Gasteiger partial charge on any atom is -0.492 e. The third-order valence-electron chi connectivity index (χ3n) is 2.77. The first-order valence-corrected chi connectivity index (χ1v) is 7.09. The normalized spacial score (nSPS) is 12.3. The summed E-state index contributed by atoms with van der Waals surface area (Å²) in [5.74, 6) is 1.02. The van der Waals surface area contributed by atoms with E-state index in [0.717, 1.165) is 18.9 Å². The van der Waals surface area contributed by atoms with E-state index >= 15 is 0 Å². The molecule has 1 rings (SSSR count). The van der Waals surface area contributed by atoms with Crippen LogP contribution >= 0.6 is 24.0 Å². The number of hydrogen-bond donors (Lipinski definition) is 2. The van der Waals surface area contributed by atoms with Crippen molar-refractivity contribution in [2.24, 2.45) is 4.99 Å². The SMILES string of the molecule is CCNC(=NCCOc1cccc(F)c1)NC(C)CC.I. The van der Waals surface area contributed by atoms with Gasteiger partial charge in [0.25, 0.3) is 0 Å². The third kappa shape index (κ3) is 8.75. The maximum absolute atomic E-state index is 13.0. The Morgan fingerprint density at radius 2 is 2.14 bits per heavy atom. The van der Waals surface area contributed by atoms with Crippen molar-refractivity contribution in [3.63, 3.8) is 0 Å². The van der Waals surface area contributed by atoms with Gasteiger partial charge >= 0.3 is 0 Å². The van der Waals surface area contributed by atoms with Gasteiger partial charge in [0.15, 0.2) is 5.96 Å². The molecule has 0 radical (unpaired) electrons. The first-order chi connectivity index (χ1) is 9.65. The maximum atomic E-state index is 13.0. The highest BCUT2D eigenvalue weighted by Crippen LogP contribution is 2.11. The zero-order chi connectivity index (χ0) is 14.8. The van der Waals surface area contributed by atoms with Crippen molar-refractivity contribution < 1.29 is 9.13 Å². The van der Waals surface area contributed by atoms with E-state index in [9.17, 15) is 4.39 Å². The first kappa shape index (κ1) is 19.9. The number of halogens is 2. The molecule has 0 aliphatic carbocycles. The largest absolute Gasteiger partial charge is 0.492 e. The minimum absolute atomic E-state index is 0. The van der Waals surface area contributed by atoms with Crippen molar-refractivity contribution in [1.82, 2.24) is 10.6 Å². The average molecular weight is 409 g/mol. The number of benzene rings is 1. The van der Waals surface area contributed by atoms with Crippen LogP contribution in [0.15, 0.2) is 29.3 Å². The van der Waals surface area contributed by atoms with Gasteiger partial charge in [-0.2, -0.15) is 0 Å². The van der Waals surface area contributed by atoms with Crippen LogP contribution in [0, 0.1) is 5.82 Å². The molecule has 1 unspecified atom stereocenters. The van der Waals surface area contributed by atoms with E-state index < -0.39 is 0 Å². The summed E-state index contributed by atoms with van der Waals surface area (Å²) in [6.07, 6.45) is 1.03. The summed E-state index contributed by atoms with van der Waals surface area (Å²) in [6.45, 7) is 8.00. The first-order valence-electron chi connectivity index (χ1n) is 7.09. The molecule has 0 heterocycles. The van der Waals surface area contributed by atoms with Gasteiger partial charge in [0.1, 0.15) is 18.2 Å². The van der Waals surface area contributed by atoms with E-state index in [1.165, 1.54) is 12.1 Å². The lowest BCUT2D eigenvalue weighted by atomic mass is 10.3. The molecule has 0 aliphatic rings. The Hall–Kier alpha value is -1.05. The third-order valence-corrected chi connectivity index (χ3v) is 2.77. The second-order valence-corrected chi connectivity index (χ2v) is 4.52. The number of ether oxygens (including phenoxy) is 1. The predicted octanol–water partition coefficient (Wildman–Crippen LogP) is 3.18. The van der Waals surface area contributed by atoms with Crippen molar-refractivity contribution >= 4 is 29.9 Å². The topological polar surface area (TPSA) is 45.7 Å². The second kappa shape index (κ2) is 11.6. The number of nitrogens with one attached hydrogen (secondary N) is 2. The molecular formula is C15H25FIN3O. The van der Waals surface area contributed by atoms with Crippen LogP contribution in [0.5, 0.6) is 5.75 Å². The number of hydrogen-bond acceptors (Lipinski definition) is 2. The number of nitrogens with zero attached hydrogens (tertiary/aromatic N) is 1. The maximum Gasteiger partial charge on any atom is 0.191 e. The van der Waals surface area contributed by atoms with E-state index in [4.69, 9.17) is 4.74 Å². The highest BCUT2D eigenvalue weighted by atomic mass is 127. The van der Waals surface area contributed by atoms with Gasteiger partial charge in [-0.3, -0.25) is 0 Å². The van der Waals surface area contributed by atoms with Crippen LogP contribution in [-0.4, -0.2) is 31.7 Å². The van der Waals surface area contributed by atoms with Crippen LogP contribution in [0.3, 0.4) is 0 Å². The molecule has 0 aromatic heterocycles. The molecule has 0 fully saturated rings. The number of aliphatic imine (C=N–C) groups is 1. The van der Waals surface area contributed by atoms with Crippen LogP contribution in [0.2, 0.25) is 0 Å². The Morgan fingerprint density at radius 1 is 1.38 bits per heavy atom. The van der Waals surface area contributed by atoms with Gasteiger partial charge in [-0.25, -0.2) is 9.38 Å². The van der Waals surface area contributed by atoms with E-state index in [0.29, 0.717) is 24.9 Å². The van der Waals surface area contributed by atoms with Crippen molar-refractivity contribution in [3.05, 3.63) is 30.1 Å². The fourth-order valence-electron chi connectivity index (χ4n) is 1.53. The summed E-state index contributed by atoms with van der Waals surface area (Å²) in [6, 6.07) is 6.49. The highest BCUT2D eigenvalue weighted by molar-refractivity contribution is 14.0. The van der Waals surface area contributed by atoms with Gasteiger partial charge in [0.05, 0.1) is 6.54 Å². The fourth-order valence-corrected chi connectivity index (χ4v) is 1.53. The molecule has 0 saturated carbocycles. The Bertz CT molecular complexity index is 429. The van der Waals surface area contributed by atoms with E-state index in [2.05, 4.69) is 29.5 Å². The van der Waals surface area contributed by atoms with Crippen molar-refractivity contribution in [1.29, 1.82) is 0 Å². The van der Waals surface area contributed by atoms with E-state index in [-0.39, 0.29) is 29.8 Å². The number of rotatable bonds is 7. The van der Waals surface area contributed by atoms with E-state index in [1.807, 2.05) is 6.92 Å². The lowest BCUT2D eigenvalue weighted by molar-refractivity contribution is 0.326. The Morgan fingerprint density at radius 3 is 2.76 bits per heavy atom. The molecule has 2 N–H and O–H groups in total. The average Bonchev–Trinajstić information content (AvgIpc) is 2.43. The summed E-state index contributed by atoms with van der Waals surface area (Å²) < 4.78 is 18.4. The molecule has 21 heavy (non-hydrogen) atoms. The molecule has 120 valence electrons. The quantitative estimate of drug-likeness (QED) is 0.315. The fraction of sp³-hybridized carbons (Fsp3) is 0.533. The molecular weight excluding hydrogens is 384 g/mol. The summed E-state index contributed by atoms with van der Waals surface area (Å²) in [5.41, 5.74) is 0. The van der Waals surface area contributed by atoms with Crippen LogP contribution in [-0.2, 0) is 0 Å². The minimum atomic E-state index is -0.294. The Labute approximate surface area is 143 Å². The predicted molar refractivity (Wildman–Crippen MR) is 96.2 cm³/mol. The molecule has 0 saturated heterocycles. The van der Waals surface area contributed by atoms with Gasteiger partial charge in [0.2, 0.25) is 0 Å². The molecule has 1 aromatic rings. The molecule has 1 aromatic carbocycles. The molecule has 0 aliphatic heterocycles. The number of guanidine groups is 1. The van der Waals surface area contributed by atoms with Gasteiger partial charge < -0.3 is 15.4 Å². The van der Waals surface area contributed by atoms with Crippen LogP contribution in [0.1, 0.15) is 27.2 Å². The lowest BCUT2D eigenvalue weighted by Crippen LogP contribution is -2.42. The standard InChI is InChI=1S/C15H24FN3O.HI/c1-4-12(3)19-15(17-5-2)18-9-10-20-14-8-6-7-13(16)11-14;/h6-8,11-12H,4-5,9-10H2,1-3H3,(H2,17,18,19);1H. The van der Waals surface area contributed by atoms with Gasteiger partial charge in [-0.1, -0.05) is 13.0 Å². The zero-order valence-corrected chi connectivity index (χ0v) is 15.2. The smallest absolute Gasteiger partial charge is 0.191 e. The summed E-state index contributed by atoms with van der Waals surface area (Å²) >= 11 is 0. The van der Waals surface area contributed by atoms with Crippen LogP contribution < -0.4 is 15.4 Å². The Balaban J connectivity index is 0.00000400. The summed E-state index contributed by atoms with van der Waals surface area (Å²) in [5, 5.41) is 6.48. The lowest BCUT2D eigenvalue weighted by Gasteiger charge is -2.16. The summed E-state index contributed by atoms with van der Waals surface area (Å²) in [7, 11) is 0. The molecule has 0 spiro atoms. The van der Waals surface area contributed by atoms with Crippen molar-refractivity contribution in [2.75, 3.05) is 19.7 Å². The van der Waals surface area contributed by atoms with E-state index in [1.54, 1.807) is 12.1 Å². The van der Waals surface area contributed by atoms with Gasteiger partial charge in [-0.05, 0) is 32.4 Å². The van der Waals surface area contributed by atoms with Crippen molar-refractivity contribution in [2.45, 2.75) is 33.2 Å². The van der Waals surface area contributed by atoms with Crippen LogP contribution in [0.4, 0.5) is 4.39 Å². The molecule has 0 bridgehead atoms. The molecule has 0 amide bonds. The molecule has 4 nitrogen and oxygen atoms in total. The van der Waals surface area contributed by atoms with Gasteiger partial charge in [-0.15, -0.1) is 24.0 Å². The zero-order valence-electron chi connectivity index (χ0n) is 12.9. The summed E-state index contributed by atoms with van der Waals surface area (Å²) in [4.78, 5) is 4.41. The highest BCUT2D eigenvalue weighted by Gasteiger charge is 2.02.